The Balaban J connectivity index is 2.10. The summed E-state index contributed by atoms with van der Waals surface area (Å²) in [6.45, 7) is 1.98. The van der Waals surface area contributed by atoms with Gasteiger partial charge in [0.2, 0.25) is 0 Å². The lowest BCUT2D eigenvalue weighted by atomic mass is 10.2. The Morgan fingerprint density at radius 2 is 1.89 bits per heavy atom. The Morgan fingerprint density at radius 1 is 1.21 bits per heavy atom. The molecule has 0 aromatic heterocycles. The molecule has 4 nitrogen and oxygen atoms in total. The molecule has 1 aromatic carbocycles. The highest BCUT2D eigenvalue weighted by Crippen LogP contribution is 2.03. The highest BCUT2D eigenvalue weighted by molar-refractivity contribution is 6.29. The second kappa shape index (κ2) is 8.53. The van der Waals surface area contributed by atoms with Gasteiger partial charge in [0.25, 0.3) is 0 Å². The zero-order chi connectivity index (χ0) is 14.1. The maximum absolute atomic E-state index is 11.4. The van der Waals surface area contributed by atoms with E-state index < -0.39 is 11.3 Å². The fourth-order valence-corrected chi connectivity index (χ4v) is 1.38. The van der Waals surface area contributed by atoms with Crippen molar-refractivity contribution in [1.82, 2.24) is 0 Å². The molecular formula is C14H17ClO4. The van der Waals surface area contributed by atoms with Crippen LogP contribution in [0.25, 0.3) is 0 Å². The molecule has 0 fully saturated rings. The summed E-state index contributed by atoms with van der Waals surface area (Å²) in [5, 5.41) is -0.662. The van der Waals surface area contributed by atoms with E-state index in [0.717, 1.165) is 5.56 Å². The fourth-order valence-electron chi connectivity index (χ4n) is 1.31. The van der Waals surface area contributed by atoms with Crippen molar-refractivity contribution in [1.29, 1.82) is 0 Å². The van der Waals surface area contributed by atoms with Gasteiger partial charge in [-0.25, -0.2) is 0 Å². The number of rotatable bonds is 7. The van der Waals surface area contributed by atoms with E-state index in [4.69, 9.17) is 21.1 Å². The first-order valence-electron chi connectivity index (χ1n) is 6.10. The van der Waals surface area contributed by atoms with E-state index in [2.05, 4.69) is 0 Å². The van der Waals surface area contributed by atoms with Crippen molar-refractivity contribution in [2.45, 2.75) is 31.7 Å². The van der Waals surface area contributed by atoms with Crippen molar-refractivity contribution < 1.29 is 19.1 Å². The van der Waals surface area contributed by atoms with Crippen LogP contribution in [0.4, 0.5) is 0 Å². The highest BCUT2D eigenvalue weighted by atomic mass is 35.5. The number of alkyl halides is 1. The third kappa shape index (κ3) is 6.82. The Kier molecular flexibility index (Phi) is 6.97. The smallest absolute Gasteiger partial charge is 0.323 e. The Hall–Kier alpha value is -1.55. The van der Waals surface area contributed by atoms with E-state index in [1.54, 1.807) is 0 Å². The van der Waals surface area contributed by atoms with Crippen LogP contribution in [0.1, 0.15) is 25.3 Å². The molecule has 0 aliphatic carbocycles. The molecule has 1 aromatic rings. The quantitative estimate of drug-likeness (QED) is 0.439. The van der Waals surface area contributed by atoms with E-state index in [-0.39, 0.29) is 25.6 Å². The van der Waals surface area contributed by atoms with E-state index in [9.17, 15) is 9.59 Å². The van der Waals surface area contributed by atoms with Gasteiger partial charge in [0, 0.05) is 6.42 Å². The van der Waals surface area contributed by atoms with Gasteiger partial charge < -0.3 is 9.47 Å². The van der Waals surface area contributed by atoms with Crippen LogP contribution < -0.4 is 0 Å². The second-order valence-electron chi connectivity index (χ2n) is 4.03. The molecule has 0 spiro atoms. The number of carbonyl (C=O) groups is 2. The number of carbonyl (C=O) groups excluding carboxylic acids is 2. The van der Waals surface area contributed by atoms with E-state index >= 15 is 0 Å². The van der Waals surface area contributed by atoms with Crippen LogP contribution in [0.15, 0.2) is 30.3 Å². The molecule has 19 heavy (non-hydrogen) atoms. The third-order valence-electron chi connectivity index (χ3n) is 2.34. The van der Waals surface area contributed by atoms with Crippen molar-refractivity contribution >= 4 is 23.5 Å². The monoisotopic (exact) mass is 284 g/mol. The number of hydrogen-bond acceptors (Lipinski definition) is 4. The summed E-state index contributed by atoms with van der Waals surface area (Å²) in [5.74, 6) is -0.779. The standard InChI is InChI=1S/C14H17ClO4/c1-11(15)14(17)18-9-5-8-13(16)19-10-12-6-3-2-4-7-12/h2-4,6-7,11H,5,8-10H2,1H3. The van der Waals surface area contributed by atoms with Crippen molar-refractivity contribution in [2.75, 3.05) is 6.61 Å². The second-order valence-corrected chi connectivity index (χ2v) is 4.69. The van der Waals surface area contributed by atoms with Crippen molar-refractivity contribution in [3.05, 3.63) is 35.9 Å². The molecule has 0 saturated carbocycles. The van der Waals surface area contributed by atoms with Gasteiger partial charge in [0.1, 0.15) is 12.0 Å². The van der Waals surface area contributed by atoms with E-state index in [1.807, 2.05) is 30.3 Å². The molecule has 0 bridgehead atoms. The van der Waals surface area contributed by atoms with Gasteiger partial charge in [-0.1, -0.05) is 30.3 Å². The summed E-state index contributed by atoms with van der Waals surface area (Å²) in [5.41, 5.74) is 0.943. The number of halogens is 1. The largest absolute Gasteiger partial charge is 0.465 e. The fraction of sp³-hybridized carbons (Fsp3) is 0.429. The number of esters is 2. The lowest BCUT2D eigenvalue weighted by molar-refractivity contribution is -0.148. The average Bonchev–Trinajstić information content (AvgIpc) is 2.42. The minimum atomic E-state index is -0.662. The Morgan fingerprint density at radius 3 is 2.53 bits per heavy atom. The topological polar surface area (TPSA) is 52.6 Å². The lowest BCUT2D eigenvalue weighted by Crippen LogP contribution is -2.15. The minimum absolute atomic E-state index is 0.177. The molecule has 0 amide bonds. The molecule has 0 aliphatic rings. The molecule has 0 radical (unpaired) electrons. The average molecular weight is 285 g/mol. The zero-order valence-corrected chi connectivity index (χ0v) is 11.6. The number of ether oxygens (including phenoxy) is 2. The van der Waals surface area contributed by atoms with Gasteiger partial charge in [0.05, 0.1) is 6.61 Å². The molecule has 104 valence electrons. The van der Waals surface area contributed by atoms with Crippen molar-refractivity contribution in [3.63, 3.8) is 0 Å². The van der Waals surface area contributed by atoms with Crippen LogP contribution in [0.3, 0.4) is 0 Å². The molecule has 1 rings (SSSR count). The maximum atomic E-state index is 11.4. The molecular weight excluding hydrogens is 268 g/mol. The van der Waals surface area contributed by atoms with E-state index in [1.165, 1.54) is 6.92 Å². The normalized spacial score (nSPS) is 11.7. The molecule has 0 saturated heterocycles. The summed E-state index contributed by atoms with van der Waals surface area (Å²) >= 11 is 5.52. The van der Waals surface area contributed by atoms with Gasteiger partial charge in [-0.05, 0) is 18.9 Å². The van der Waals surface area contributed by atoms with Gasteiger partial charge in [-0.3, -0.25) is 9.59 Å². The number of hydrogen-bond donors (Lipinski definition) is 0. The summed E-state index contributed by atoms with van der Waals surface area (Å²) in [6.07, 6.45) is 0.653. The summed E-state index contributed by atoms with van der Waals surface area (Å²) in [6, 6.07) is 9.44. The molecule has 0 heterocycles. The predicted octanol–water partition coefficient (Wildman–Crippen LogP) is 2.68. The van der Waals surface area contributed by atoms with Crippen LogP contribution in [-0.2, 0) is 25.7 Å². The van der Waals surface area contributed by atoms with Gasteiger partial charge in [0.15, 0.2) is 0 Å². The highest BCUT2D eigenvalue weighted by Gasteiger charge is 2.10. The van der Waals surface area contributed by atoms with Crippen LogP contribution in [0.2, 0.25) is 0 Å². The van der Waals surface area contributed by atoms with Crippen LogP contribution >= 0.6 is 11.6 Å². The van der Waals surface area contributed by atoms with Crippen LogP contribution in [0.5, 0.6) is 0 Å². The van der Waals surface area contributed by atoms with Crippen LogP contribution in [0, 0.1) is 0 Å². The van der Waals surface area contributed by atoms with Gasteiger partial charge in [-0.2, -0.15) is 0 Å². The van der Waals surface area contributed by atoms with Crippen molar-refractivity contribution in [3.8, 4) is 0 Å². The first-order chi connectivity index (χ1) is 9.09. The summed E-state index contributed by atoms with van der Waals surface area (Å²) in [4.78, 5) is 22.4. The SMILES string of the molecule is CC(Cl)C(=O)OCCCC(=O)OCc1ccccc1. The first kappa shape index (κ1) is 15.5. The molecule has 0 N–H and O–H groups in total. The van der Waals surface area contributed by atoms with E-state index in [0.29, 0.717) is 6.42 Å². The van der Waals surface area contributed by atoms with Gasteiger partial charge in [-0.15, -0.1) is 11.6 Å². The molecule has 1 unspecified atom stereocenters. The first-order valence-corrected chi connectivity index (χ1v) is 6.53. The maximum Gasteiger partial charge on any atom is 0.323 e. The lowest BCUT2D eigenvalue weighted by Gasteiger charge is -2.06. The van der Waals surface area contributed by atoms with Crippen molar-refractivity contribution in [2.24, 2.45) is 0 Å². The zero-order valence-electron chi connectivity index (χ0n) is 10.8. The Bertz CT molecular complexity index is 403. The third-order valence-corrected chi connectivity index (χ3v) is 2.52. The van der Waals surface area contributed by atoms with Crippen LogP contribution in [-0.4, -0.2) is 23.9 Å². The predicted molar refractivity (Wildman–Crippen MR) is 71.7 cm³/mol. The molecule has 0 aliphatic heterocycles. The minimum Gasteiger partial charge on any atom is -0.465 e. The summed E-state index contributed by atoms with van der Waals surface area (Å²) < 4.78 is 9.92. The number of benzene rings is 1. The van der Waals surface area contributed by atoms with Gasteiger partial charge >= 0.3 is 11.9 Å². The summed E-state index contributed by atoms with van der Waals surface area (Å²) in [7, 11) is 0. The molecule has 5 heteroatoms. The Labute approximate surface area is 117 Å². The molecule has 1 atom stereocenters.